The molecule has 3 aromatic rings. The van der Waals surface area contributed by atoms with E-state index in [1.807, 2.05) is 42.5 Å². The van der Waals surface area contributed by atoms with Gasteiger partial charge < -0.3 is 10.1 Å². The number of halogens is 3. The molecule has 0 saturated heterocycles. The minimum Gasteiger partial charge on any atom is -0.489 e. The normalized spacial score (nSPS) is 10.8. The fraction of sp³-hybridized carbons (Fsp3) is 0.182. The van der Waals surface area contributed by atoms with Crippen molar-refractivity contribution in [3.8, 4) is 5.75 Å². The number of ether oxygens (including phenoxy) is 1. The number of nitrogens with one attached hydrogen (secondary N) is 1. The Bertz CT molecular complexity index is 881. The second-order valence-electron chi connectivity index (χ2n) is 6.23. The van der Waals surface area contributed by atoms with Crippen LogP contribution < -0.4 is 10.1 Å². The largest absolute Gasteiger partial charge is 0.489 e. The van der Waals surface area contributed by atoms with Crippen LogP contribution in [0.1, 0.15) is 16.7 Å². The number of benzene rings is 3. The molecule has 5 heteroatoms. The van der Waals surface area contributed by atoms with Gasteiger partial charge >= 0.3 is 0 Å². The van der Waals surface area contributed by atoms with Gasteiger partial charge in [-0.15, -0.1) is 0 Å². The highest BCUT2D eigenvalue weighted by Crippen LogP contribution is 2.23. The molecule has 140 valence electrons. The SMILES string of the molecule is Clc1ccc(CCNCc2cccc(OCc3ccc(Cl)cc3Cl)c2)cc1. The van der Waals surface area contributed by atoms with Crippen molar-refractivity contribution in [2.75, 3.05) is 6.54 Å². The van der Waals surface area contributed by atoms with Crippen LogP contribution in [0.25, 0.3) is 0 Å². The van der Waals surface area contributed by atoms with E-state index in [9.17, 15) is 0 Å². The molecule has 0 amide bonds. The predicted octanol–water partition coefficient (Wildman–Crippen LogP) is 6.56. The van der Waals surface area contributed by atoms with Gasteiger partial charge in [0.05, 0.1) is 0 Å². The van der Waals surface area contributed by atoms with Crippen molar-refractivity contribution in [1.29, 1.82) is 0 Å². The van der Waals surface area contributed by atoms with Crippen LogP contribution in [0.5, 0.6) is 5.75 Å². The van der Waals surface area contributed by atoms with Crippen molar-refractivity contribution in [1.82, 2.24) is 5.32 Å². The first-order chi connectivity index (χ1) is 13.1. The number of hydrogen-bond donors (Lipinski definition) is 1. The summed E-state index contributed by atoms with van der Waals surface area (Å²) < 4.78 is 5.87. The number of hydrogen-bond acceptors (Lipinski definition) is 2. The van der Waals surface area contributed by atoms with Gasteiger partial charge in [-0.2, -0.15) is 0 Å². The Hall–Kier alpha value is -1.71. The third kappa shape index (κ3) is 6.44. The van der Waals surface area contributed by atoms with E-state index in [-0.39, 0.29) is 0 Å². The summed E-state index contributed by atoms with van der Waals surface area (Å²) in [4.78, 5) is 0. The quantitative estimate of drug-likeness (QED) is 0.417. The molecule has 2 nitrogen and oxygen atoms in total. The molecular weight excluding hydrogens is 401 g/mol. The monoisotopic (exact) mass is 419 g/mol. The van der Waals surface area contributed by atoms with Crippen molar-refractivity contribution in [3.63, 3.8) is 0 Å². The minimum absolute atomic E-state index is 0.406. The van der Waals surface area contributed by atoms with Crippen LogP contribution in [-0.4, -0.2) is 6.54 Å². The van der Waals surface area contributed by atoms with Gasteiger partial charge in [0.2, 0.25) is 0 Å². The van der Waals surface area contributed by atoms with Gasteiger partial charge in [-0.25, -0.2) is 0 Å². The number of rotatable bonds is 8. The van der Waals surface area contributed by atoms with Crippen LogP contribution in [0.4, 0.5) is 0 Å². The van der Waals surface area contributed by atoms with Crippen molar-refractivity contribution in [2.45, 2.75) is 19.6 Å². The zero-order valence-corrected chi connectivity index (χ0v) is 17.0. The highest BCUT2D eigenvalue weighted by atomic mass is 35.5. The van der Waals surface area contributed by atoms with Gasteiger partial charge in [0.25, 0.3) is 0 Å². The smallest absolute Gasteiger partial charge is 0.120 e. The first-order valence-electron chi connectivity index (χ1n) is 8.71. The fourth-order valence-corrected chi connectivity index (χ4v) is 3.25. The Morgan fingerprint density at radius 2 is 1.56 bits per heavy atom. The van der Waals surface area contributed by atoms with Crippen LogP contribution in [0.2, 0.25) is 15.1 Å². The molecule has 0 atom stereocenters. The predicted molar refractivity (Wildman–Crippen MR) is 114 cm³/mol. The van der Waals surface area contributed by atoms with Crippen molar-refractivity contribution >= 4 is 34.8 Å². The van der Waals surface area contributed by atoms with E-state index in [4.69, 9.17) is 39.5 Å². The van der Waals surface area contributed by atoms with Gasteiger partial charge in [-0.05, 0) is 60.5 Å². The Balaban J connectivity index is 1.47. The van der Waals surface area contributed by atoms with Crippen LogP contribution in [0.3, 0.4) is 0 Å². The lowest BCUT2D eigenvalue weighted by Crippen LogP contribution is -2.16. The van der Waals surface area contributed by atoms with Gasteiger partial charge in [0, 0.05) is 27.2 Å². The third-order valence-corrected chi connectivity index (χ3v) is 4.98. The van der Waals surface area contributed by atoms with E-state index >= 15 is 0 Å². The molecule has 0 radical (unpaired) electrons. The van der Waals surface area contributed by atoms with E-state index in [1.165, 1.54) is 11.1 Å². The zero-order valence-electron chi connectivity index (χ0n) is 14.7. The summed E-state index contributed by atoms with van der Waals surface area (Å²) in [5, 5.41) is 5.46. The third-order valence-electron chi connectivity index (χ3n) is 4.14. The van der Waals surface area contributed by atoms with Gasteiger partial charge in [-0.1, -0.05) is 65.1 Å². The van der Waals surface area contributed by atoms with Crippen LogP contribution in [0.15, 0.2) is 66.7 Å². The summed E-state index contributed by atoms with van der Waals surface area (Å²) in [5.41, 5.74) is 3.35. The Morgan fingerprint density at radius 1 is 0.778 bits per heavy atom. The van der Waals surface area contributed by atoms with Crippen LogP contribution in [0, 0.1) is 0 Å². The standard InChI is InChI=1S/C22H20Cl3NO/c23-19-7-4-16(5-8-19)10-11-26-14-17-2-1-3-21(12-17)27-15-18-6-9-20(24)13-22(18)25/h1-9,12-13,26H,10-11,14-15H2. The van der Waals surface area contributed by atoms with E-state index in [0.717, 1.165) is 35.8 Å². The highest BCUT2D eigenvalue weighted by molar-refractivity contribution is 6.35. The molecule has 0 spiro atoms. The lowest BCUT2D eigenvalue weighted by molar-refractivity contribution is 0.306. The fourth-order valence-electron chi connectivity index (χ4n) is 2.66. The lowest BCUT2D eigenvalue weighted by atomic mass is 10.1. The summed E-state index contributed by atoms with van der Waals surface area (Å²) in [7, 11) is 0. The van der Waals surface area contributed by atoms with Gasteiger partial charge in [-0.3, -0.25) is 0 Å². The minimum atomic E-state index is 0.406. The maximum Gasteiger partial charge on any atom is 0.120 e. The van der Waals surface area contributed by atoms with Crippen LogP contribution in [-0.2, 0) is 19.6 Å². The molecule has 27 heavy (non-hydrogen) atoms. The Labute approximate surface area is 175 Å². The highest BCUT2D eigenvalue weighted by Gasteiger charge is 2.03. The van der Waals surface area contributed by atoms with Crippen molar-refractivity contribution < 1.29 is 4.74 Å². The first-order valence-corrected chi connectivity index (χ1v) is 9.84. The lowest BCUT2D eigenvalue weighted by Gasteiger charge is -2.10. The summed E-state index contributed by atoms with van der Waals surface area (Å²) in [6, 6.07) is 21.4. The molecular formula is C22H20Cl3NO. The molecule has 0 aliphatic carbocycles. The molecule has 0 unspecified atom stereocenters. The molecule has 3 rings (SSSR count). The molecule has 0 bridgehead atoms. The molecule has 0 aliphatic rings. The second-order valence-corrected chi connectivity index (χ2v) is 7.51. The molecule has 0 saturated carbocycles. The Kier molecular flexibility index (Phi) is 7.42. The first kappa shape index (κ1) is 20.0. The van der Waals surface area contributed by atoms with E-state index in [1.54, 1.807) is 6.07 Å². The summed E-state index contributed by atoms with van der Waals surface area (Å²) in [5.74, 6) is 0.818. The summed E-state index contributed by atoms with van der Waals surface area (Å²) >= 11 is 18.0. The van der Waals surface area contributed by atoms with E-state index in [2.05, 4.69) is 23.5 Å². The van der Waals surface area contributed by atoms with Crippen molar-refractivity contribution in [2.24, 2.45) is 0 Å². The van der Waals surface area contributed by atoms with Crippen molar-refractivity contribution in [3.05, 3.63) is 98.5 Å². The van der Waals surface area contributed by atoms with Gasteiger partial charge in [0.15, 0.2) is 0 Å². The topological polar surface area (TPSA) is 21.3 Å². The second kappa shape index (κ2) is 10.0. The molecule has 3 aromatic carbocycles. The maximum atomic E-state index is 6.19. The van der Waals surface area contributed by atoms with Crippen LogP contribution >= 0.6 is 34.8 Å². The average Bonchev–Trinajstić information content (AvgIpc) is 2.66. The Morgan fingerprint density at radius 3 is 2.33 bits per heavy atom. The summed E-state index contributed by atoms with van der Waals surface area (Å²) in [6.45, 7) is 2.09. The van der Waals surface area contributed by atoms with Gasteiger partial charge in [0.1, 0.15) is 12.4 Å². The molecule has 0 aliphatic heterocycles. The average molecular weight is 421 g/mol. The molecule has 0 aromatic heterocycles. The van der Waals surface area contributed by atoms with E-state index in [0.29, 0.717) is 16.7 Å². The summed E-state index contributed by atoms with van der Waals surface area (Å²) in [6.07, 6.45) is 0.961. The van der Waals surface area contributed by atoms with E-state index < -0.39 is 0 Å². The molecule has 0 fully saturated rings. The molecule has 0 heterocycles. The molecule has 1 N–H and O–H groups in total. The zero-order chi connectivity index (χ0) is 19.1. The maximum absolute atomic E-state index is 6.19.